The van der Waals surface area contributed by atoms with Gasteiger partial charge in [0.15, 0.2) is 0 Å². The van der Waals surface area contributed by atoms with Gasteiger partial charge in [-0.15, -0.1) is 23.1 Å². The first-order valence-corrected chi connectivity index (χ1v) is 9.14. The molecule has 1 atom stereocenters. The molecule has 1 fully saturated rings. The van der Waals surface area contributed by atoms with Crippen LogP contribution in [0.1, 0.15) is 21.1 Å². The van der Waals surface area contributed by atoms with Gasteiger partial charge in [-0.05, 0) is 19.4 Å². The molecule has 2 N–H and O–H groups in total. The van der Waals surface area contributed by atoms with E-state index in [1.165, 1.54) is 5.56 Å². The Morgan fingerprint density at radius 2 is 2.27 bits per heavy atom. The Balaban J connectivity index is 1.99. The van der Waals surface area contributed by atoms with Gasteiger partial charge in [-0.3, -0.25) is 4.79 Å². The molecule has 1 aromatic carbocycles. The quantitative estimate of drug-likeness (QED) is 0.938. The molecule has 0 spiro atoms. The SMILES string of the molecule is Cc1cccc(-c2sc(C)nc2C(=O)N2CCSC2CN)c1. The van der Waals surface area contributed by atoms with Crippen molar-refractivity contribution in [2.75, 3.05) is 18.8 Å². The standard InChI is InChI=1S/C16H19N3OS2/c1-10-4-3-5-12(8-10)15-14(18-11(2)22-15)16(20)19-6-7-21-13(19)9-17/h3-5,8,13H,6-7,9,17H2,1-2H3. The third-order valence-electron chi connectivity index (χ3n) is 3.67. The van der Waals surface area contributed by atoms with Crippen molar-refractivity contribution < 1.29 is 4.79 Å². The Labute approximate surface area is 138 Å². The normalized spacial score (nSPS) is 18.0. The molecule has 2 aromatic rings. The van der Waals surface area contributed by atoms with Crippen LogP contribution < -0.4 is 5.73 Å². The molecule has 0 aliphatic carbocycles. The summed E-state index contributed by atoms with van der Waals surface area (Å²) in [4.78, 5) is 20.2. The molecule has 0 saturated carbocycles. The first kappa shape index (κ1) is 15.5. The highest BCUT2D eigenvalue weighted by atomic mass is 32.2. The van der Waals surface area contributed by atoms with Gasteiger partial charge < -0.3 is 10.6 Å². The zero-order valence-electron chi connectivity index (χ0n) is 12.7. The molecule has 2 heterocycles. The number of nitrogens with zero attached hydrogens (tertiary/aromatic N) is 2. The summed E-state index contributed by atoms with van der Waals surface area (Å²) < 4.78 is 0. The van der Waals surface area contributed by atoms with Gasteiger partial charge in [0.2, 0.25) is 0 Å². The molecule has 1 saturated heterocycles. The number of rotatable bonds is 3. The van der Waals surface area contributed by atoms with Crippen molar-refractivity contribution in [3.8, 4) is 10.4 Å². The number of hydrogen-bond donors (Lipinski definition) is 1. The number of nitrogens with two attached hydrogens (primary N) is 1. The fourth-order valence-electron chi connectivity index (χ4n) is 2.64. The highest BCUT2D eigenvalue weighted by molar-refractivity contribution is 8.00. The number of amides is 1. The predicted octanol–water partition coefficient (Wildman–Crippen LogP) is 2.90. The lowest BCUT2D eigenvalue weighted by Crippen LogP contribution is -2.39. The number of thiazole rings is 1. The predicted molar refractivity (Wildman–Crippen MR) is 93.4 cm³/mol. The molecule has 1 amide bonds. The van der Waals surface area contributed by atoms with Crippen LogP contribution in [0.15, 0.2) is 24.3 Å². The second-order valence-corrected chi connectivity index (χ2v) is 7.83. The van der Waals surface area contributed by atoms with E-state index in [1.807, 2.05) is 24.0 Å². The molecule has 1 unspecified atom stereocenters. The van der Waals surface area contributed by atoms with E-state index in [9.17, 15) is 4.79 Å². The average molecular weight is 333 g/mol. The van der Waals surface area contributed by atoms with Crippen molar-refractivity contribution in [3.63, 3.8) is 0 Å². The summed E-state index contributed by atoms with van der Waals surface area (Å²) in [6, 6.07) is 8.21. The van der Waals surface area contributed by atoms with Crippen LogP contribution in [0.4, 0.5) is 0 Å². The lowest BCUT2D eigenvalue weighted by Gasteiger charge is -2.22. The third kappa shape index (κ3) is 2.91. The molecule has 1 aliphatic heterocycles. The smallest absolute Gasteiger partial charge is 0.274 e. The zero-order valence-corrected chi connectivity index (χ0v) is 14.3. The molecular formula is C16H19N3OS2. The molecule has 3 rings (SSSR count). The number of benzene rings is 1. The van der Waals surface area contributed by atoms with Crippen LogP contribution in [0.25, 0.3) is 10.4 Å². The Kier molecular flexibility index (Phi) is 4.52. The molecule has 1 aromatic heterocycles. The van der Waals surface area contributed by atoms with Crippen molar-refractivity contribution in [1.29, 1.82) is 0 Å². The summed E-state index contributed by atoms with van der Waals surface area (Å²) in [6.45, 7) is 5.23. The van der Waals surface area contributed by atoms with E-state index in [4.69, 9.17) is 5.73 Å². The van der Waals surface area contributed by atoms with E-state index >= 15 is 0 Å². The van der Waals surface area contributed by atoms with Crippen LogP contribution in [-0.4, -0.2) is 40.0 Å². The number of carbonyl (C=O) groups is 1. The minimum Gasteiger partial charge on any atom is -0.328 e. The Morgan fingerprint density at radius 1 is 1.45 bits per heavy atom. The maximum Gasteiger partial charge on any atom is 0.274 e. The second-order valence-electron chi connectivity index (χ2n) is 5.34. The van der Waals surface area contributed by atoms with Crippen molar-refractivity contribution in [1.82, 2.24) is 9.88 Å². The van der Waals surface area contributed by atoms with Gasteiger partial charge in [0, 0.05) is 18.8 Å². The fraction of sp³-hybridized carbons (Fsp3) is 0.375. The summed E-state index contributed by atoms with van der Waals surface area (Å²) in [6.07, 6.45) is 0. The first-order chi connectivity index (χ1) is 10.6. The lowest BCUT2D eigenvalue weighted by atomic mass is 10.1. The molecule has 4 nitrogen and oxygen atoms in total. The first-order valence-electron chi connectivity index (χ1n) is 7.27. The number of aryl methyl sites for hydroxylation is 2. The van der Waals surface area contributed by atoms with Crippen molar-refractivity contribution >= 4 is 29.0 Å². The third-order valence-corrected chi connectivity index (χ3v) is 5.94. The summed E-state index contributed by atoms with van der Waals surface area (Å²) >= 11 is 3.32. The molecule has 6 heteroatoms. The minimum atomic E-state index is 0.00121. The second kappa shape index (κ2) is 6.40. The van der Waals surface area contributed by atoms with Crippen LogP contribution >= 0.6 is 23.1 Å². The maximum absolute atomic E-state index is 12.9. The Bertz CT molecular complexity index is 698. The van der Waals surface area contributed by atoms with E-state index in [1.54, 1.807) is 23.1 Å². The van der Waals surface area contributed by atoms with Crippen LogP contribution in [0.5, 0.6) is 0 Å². The Morgan fingerprint density at radius 3 is 3.00 bits per heavy atom. The van der Waals surface area contributed by atoms with E-state index < -0.39 is 0 Å². The van der Waals surface area contributed by atoms with Gasteiger partial charge in [0.1, 0.15) is 5.69 Å². The maximum atomic E-state index is 12.9. The number of hydrogen-bond acceptors (Lipinski definition) is 5. The highest BCUT2D eigenvalue weighted by Gasteiger charge is 2.32. The van der Waals surface area contributed by atoms with Gasteiger partial charge >= 0.3 is 0 Å². The molecule has 22 heavy (non-hydrogen) atoms. The summed E-state index contributed by atoms with van der Waals surface area (Å²) in [5.41, 5.74) is 8.59. The van der Waals surface area contributed by atoms with E-state index in [2.05, 4.69) is 24.0 Å². The van der Waals surface area contributed by atoms with Crippen molar-refractivity contribution in [2.45, 2.75) is 19.2 Å². The van der Waals surface area contributed by atoms with Gasteiger partial charge in [-0.25, -0.2) is 4.98 Å². The van der Waals surface area contributed by atoms with Crippen molar-refractivity contribution in [3.05, 3.63) is 40.5 Å². The largest absolute Gasteiger partial charge is 0.328 e. The van der Waals surface area contributed by atoms with Gasteiger partial charge in [-0.1, -0.05) is 29.8 Å². The minimum absolute atomic E-state index is 0.00121. The Hall–Kier alpha value is -1.37. The van der Waals surface area contributed by atoms with E-state index in [0.29, 0.717) is 12.2 Å². The lowest BCUT2D eigenvalue weighted by molar-refractivity contribution is 0.0759. The van der Waals surface area contributed by atoms with E-state index in [0.717, 1.165) is 27.7 Å². The fourth-order valence-corrected chi connectivity index (χ4v) is 4.64. The number of thioether (sulfide) groups is 1. The summed E-state index contributed by atoms with van der Waals surface area (Å²) in [5.74, 6) is 0.942. The summed E-state index contributed by atoms with van der Waals surface area (Å²) in [7, 11) is 0. The zero-order chi connectivity index (χ0) is 15.7. The van der Waals surface area contributed by atoms with Gasteiger partial charge in [0.05, 0.1) is 15.3 Å². The average Bonchev–Trinajstić information content (AvgIpc) is 3.12. The van der Waals surface area contributed by atoms with Crippen LogP contribution in [0.3, 0.4) is 0 Å². The number of carbonyl (C=O) groups excluding carboxylic acids is 1. The van der Waals surface area contributed by atoms with Crippen LogP contribution in [0, 0.1) is 13.8 Å². The molecule has 116 valence electrons. The molecule has 1 aliphatic rings. The molecule has 0 bridgehead atoms. The topological polar surface area (TPSA) is 59.2 Å². The van der Waals surface area contributed by atoms with Crippen LogP contribution in [-0.2, 0) is 0 Å². The van der Waals surface area contributed by atoms with Crippen LogP contribution in [0.2, 0.25) is 0 Å². The summed E-state index contributed by atoms with van der Waals surface area (Å²) in [5, 5.41) is 0.982. The van der Waals surface area contributed by atoms with E-state index in [-0.39, 0.29) is 11.3 Å². The number of aromatic nitrogens is 1. The van der Waals surface area contributed by atoms with Gasteiger partial charge in [0.25, 0.3) is 5.91 Å². The highest BCUT2D eigenvalue weighted by Crippen LogP contribution is 2.33. The monoisotopic (exact) mass is 333 g/mol. The van der Waals surface area contributed by atoms with Gasteiger partial charge in [-0.2, -0.15) is 0 Å². The molecular weight excluding hydrogens is 314 g/mol. The van der Waals surface area contributed by atoms with Crippen molar-refractivity contribution in [2.24, 2.45) is 5.73 Å². The molecule has 0 radical (unpaired) electrons.